The maximum atomic E-state index is 12.5. The highest BCUT2D eigenvalue weighted by atomic mass is 35.5. The van der Waals surface area contributed by atoms with Gasteiger partial charge < -0.3 is 15.8 Å². The van der Waals surface area contributed by atoms with E-state index in [9.17, 15) is 4.79 Å². The van der Waals surface area contributed by atoms with Crippen LogP contribution < -0.4 is 11.1 Å². The third-order valence-corrected chi connectivity index (χ3v) is 4.47. The number of amides is 1. The lowest BCUT2D eigenvalue weighted by molar-refractivity contribution is -0.130. The summed E-state index contributed by atoms with van der Waals surface area (Å²) in [6.45, 7) is 3.10. The summed E-state index contributed by atoms with van der Waals surface area (Å²) < 4.78 is 5.30. The van der Waals surface area contributed by atoms with Gasteiger partial charge in [-0.3, -0.25) is 4.79 Å². The summed E-state index contributed by atoms with van der Waals surface area (Å²) in [4.78, 5) is 12.5. The standard InChI is InChI=1S/C18H22N2O2.ClH/c1-13(20-17(21)18(19)9-11-22-12-10-18)15-8-4-6-14-5-2-3-7-16(14)15;/h2-8,13H,9-12,19H2,1H3,(H,20,21);1H. The van der Waals surface area contributed by atoms with Crippen molar-refractivity contribution in [2.45, 2.75) is 31.3 Å². The molecule has 5 heteroatoms. The van der Waals surface area contributed by atoms with Crippen LogP contribution in [0.3, 0.4) is 0 Å². The first-order valence-corrected chi connectivity index (χ1v) is 7.75. The van der Waals surface area contributed by atoms with Crippen LogP contribution in [0, 0.1) is 0 Å². The van der Waals surface area contributed by atoms with Crippen LogP contribution in [0.15, 0.2) is 42.5 Å². The second kappa shape index (κ2) is 7.30. The normalized spacial score (nSPS) is 18.0. The van der Waals surface area contributed by atoms with Gasteiger partial charge in [-0.1, -0.05) is 42.5 Å². The minimum atomic E-state index is -0.808. The Labute approximate surface area is 142 Å². The van der Waals surface area contributed by atoms with Gasteiger partial charge in [-0.05, 0) is 36.1 Å². The maximum Gasteiger partial charge on any atom is 0.240 e. The number of benzene rings is 2. The number of nitrogens with one attached hydrogen (secondary N) is 1. The molecule has 0 saturated carbocycles. The lowest BCUT2D eigenvalue weighted by Crippen LogP contribution is -2.57. The lowest BCUT2D eigenvalue weighted by atomic mass is 9.89. The van der Waals surface area contributed by atoms with E-state index in [0.717, 1.165) is 10.9 Å². The molecule has 2 aromatic carbocycles. The Kier molecular flexibility index (Phi) is 5.63. The molecule has 1 saturated heterocycles. The van der Waals surface area contributed by atoms with Gasteiger partial charge in [0.15, 0.2) is 0 Å². The smallest absolute Gasteiger partial charge is 0.240 e. The predicted molar refractivity (Wildman–Crippen MR) is 94.7 cm³/mol. The van der Waals surface area contributed by atoms with Crippen molar-refractivity contribution in [3.05, 3.63) is 48.0 Å². The molecule has 0 aliphatic carbocycles. The van der Waals surface area contributed by atoms with Gasteiger partial charge in [-0.25, -0.2) is 0 Å². The van der Waals surface area contributed by atoms with Crippen molar-refractivity contribution >= 4 is 29.1 Å². The monoisotopic (exact) mass is 334 g/mol. The van der Waals surface area contributed by atoms with Gasteiger partial charge in [0.1, 0.15) is 0 Å². The van der Waals surface area contributed by atoms with E-state index < -0.39 is 5.54 Å². The number of hydrogen-bond acceptors (Lipinski definition) is 3. The van der Waals surface area contributed by atoms with Gasteiger partial charge in [0, 0.05) is 13.2 Å². The second-order valence-corrected chi connectivity index (χ2v) is 6.03. The Bertz CT molecular complexity index is 678. The molecular formula is C18H23ClN2O2. The van der Waals surface area contributed by atoms with Gasteiger partial charge in [-0.15, -0.1) is 12.4 Å². The molecule has 0 radical (unpaired) electrons. The van der Waals surface area contributed by atoms with Gasteiger partial charge in [0.05, 0.1) is 11.6 Å². The summed E-state index contributed by atoms with van der Waals surface area (Å²) in [6.07, 6.45) is 1.14. The number of halogens is 1. The van der Waals surface area contributed by atoms with Crippen LogP contribution in [0.5, 0.6) is 0 Å². The number of carbonyl (C=O) groups excluding carboxylic acids is 1. The third-order valence-electron chi connectivity index (χ3n) is 4.47. The number of hydrogen-bond donors (Lipinski definition) is 2. The van der Waals surface area contributed by atoms with Crippen molar-refractivity contribution in [2.75, 3.05) is 13.2 Å². The average Bonchev–Trinajstić information content (AvgIpc) is 2.55. The molecule has 2 aromatic rings. The summed E-state index contributed by atoms with van der Waals surface area (Å²) in [5.74, 6) is -0.0868. The second-order valence-electron chi connectivity index (χ2n) is 6.03. The first kappa shape index (κ1) is 17.7. The van der Waals surface area contributed by atoms with E-state index >= 15 is 0 Å². The Morgan fingerprint density at radius 3 is 2.57 bits per heavy atom. The predicted octanol–water partition coefficient (Wildman–Crippen LogP) is 2.95. The van der Waals surface area contributed by atoms with Gasteiger partial charge in [-0.2, -0.15) is 0 Å². The topological polar surface area (TPSA) is 64.4 Å². The van der Waals surface area contributed by atoms with Crippen LogP contribution in [0.2, 0.25) is 0 Å². The molecule has 0 spiro atoms. The van der Waals surface area contributed by atoms with E-state index in [1.54, 1.807) is 0 Å². The molecule has 0 aromatic heterocycles. The summed E-state index contributed by atoms with van der Waals surface area (Å²) in [6, 6.07) is 14.3. The largest absolute Gasteiger partial charge is 0.381 e. The molecule has 0 bridgehead atoms. The highest BCUT2D eigenvalue weighted by molar-refractivity contribution is 5.89. The van der Waals surface area contributed by atoms with E-state index in [0.29, 0.717) is 26.1 Å². The van der Waals surface area contributed by atoms with Gasteiger partial charge in [0.25, 0.3) is 0 Å². The SMILES string of the molecule is CC(NC(=O)C1(N)CCOCC1)c1cccc2ccccc12.Cl. The Morgan fingerprint density at radius 1 is 1.17 bits per heavy atom. The summed E-state index contributed by atoms with van der Waals surface area (Å²) in [5.41, 5.74) is 6.55. The van der Waals surface area contributed by atoms with Crippen molar-refractivity contribution in [1.82, 2.24) is 5.32 Å². The number of rotatable bonds is 3. The van der Waals surface area contributed by atoms with E-state index in [4.69, 9.17) is 10.5 Å². The van der Waals surface area contributed by atoms with Crippen molar-refractivity contribution in [3.8, 4) is 0 Å². The van der Waals surface area contributed by atoms with Gasteiger partial charge >= 0.3 is 0 Å². The molecule has 1 unspecified atom stereocenters. The number of ether oxygens (including phenoxy) is 1. The zero-order valence-electron chi connectivity index (χ0n) is 13.2. The molecule has 1 aliphatic rings. The molecule has 1 amide bonds. The molecule has 4 nitrogen and oxygen atoms in total. The third kappa shape index (κ3) is 3.66. The minimum Gasteiger partial charge on any atom is -0.381 e. The van der Waals surface area contributed by atoms with Crippen LogP contribution in [-0.4, -0.2) is 24.7 Å². The molecule has 3 rings (SSSR count). The summed E-state index contributed by atoms with van der Waals surface area (Å²) >= 11 is 0. The van der Waals surface area contributed by atoms with Crippen molar-refractivity contribution < 1.29 is 9.53 Å². The number of fused-ring (bicyclic) bond motifs is 1. The zero-order valence-corrected chi connectivity index (χ0v) is 14.1. The highest BCUT2D eigenvalue weighted by Crippen LogP contribution is 2.25. The zero-order chi connectivity index (χ0) is 15.6. The van der Waals surface area contributed by atoms with Crippen LogP contribution in [-0.2, 0) is 9.53 Å². The van der Waals surface area contributed by atoms with Crippen LogP contribution in [0.25, 0.3) is 10.8 Å². The first-order chi connectivity index (χ1) is 10.6. The number of nitrogens with two attached hydrogens (primary N) is 1. The molecule has 1 fully saturated rings. The highest BCUT2D eigenvalue weighted by Gasteiger charge is 2.36. The molecule has 1 atom stereocenters. The first-order valence-electron chi connectivity index (χ1n) is 7.75. The van der Waals surface area contributed by atoms with Crippen LogP contribution in [0.1, 0.15) is 31.4 Å². The summed E-state index contributed by atoms with van der Waals surface area (Å²) in [5, 5.41) is 5.42. The molecular weight excluding hydrogens is 312 g/mol. The lowest BCUT2D eigenvalue weighted by Gasteiger charge is -2.33. The fourth-order valence-electron chi connectivity index (χ4n) is 3.01. The minimum absolute atomic E-state index is 0. The van der Waals surface area contributed by atoms with Crippen molar-refractivity contribution in [3.63, 3.8) is 0 Å². The van der Waals surface area contributed by atoms with E-state index in [2.05, 4.69) is 29.6 Å². The van der Waals surface area contributed by atoms with Crippen molar-refractivity contribution in [2.24, 2.45) is 5.73 Å². The fraction of sp³-hybridized carbons (Fsp3) is 0.389. The van der Waals surface area contributed by atoms with Crippen molar-refractivity contribution in [1.29, 1.82) is 0 Å². The maximum absolute atomic E-state index is 12.5. The Balaban J connectivity index is 0.00000192. The quantitative estimate of drug-likeness (QED) is 0.907. The van der Waals surface area contributed by atoms with E-state index in [1.807, 2.05) is 25.1 Å². The van der Waals surface area contributed by atoms with Gasteiger partial charge in [0.2, 0.25) is 5.91 Å². The molecule has 124 valence electrons. The number of carbonyl (C=O) groups is 1. The molecule has 23 heavy (non-hydrogen) atoms. The average molecular weight is 335 g/mol. The van der Waals surface area contributed by atoms with E-state index in [-0.39, 0.29) is 24.4 Å². The molecule has 1 aliphatic heterocycles. The summed E-state index contributed by atoms with van der Waals surface area (Å²) in [7, 11) is 0. The Hall–Kier alpha value is -1.62. The van der Waals surface area contributed by atoms with Crippen LogP contribution in [0.4, 0.5) is 0 Å². The van der Waals surface area contributed by atoms with Crippen LogP contribution >= 0.6 is 12.4 Å². The fourth-order valence-corrected chi connectivity index (χ4v) is 3.01. The van der Waals surface area contributed by atoms with E-state index in [1.165, 1.54) is 5.39 Å². The molecule has 1 heterocycles. The Morgan fingerprint density at radius 2 is 1.83 bits per heavy atom. The molecule has 3 N–H and O–H groups in total.